The standard InChI is InChI=1S/C24H26N2O4/c1-29-21-11-22(12-21)30-20-6-5-18(14-25)23(13-20)26-9-8-17-10-16(3-7-24(27)28)2-4-19(17)15-26/h2,4-6,10,13,21-22H,3,7-9,11-12,15H2,1H3,(H,27,28)/t21-,22-. The number of ether oxygens (including phenoxy) is 2. The topological polar surface area (TPSA) is 82.8 Å². The lowest BCUT2D eigenvalue weighted by atomic mass is 9.92. The molecule has 2 aromatic carbocycles. The van der Waals surface area contributed by atoms with Crippen LogP contribution in [0.4, 0.5) is 5.69 Å². The third-order valence-electron chi connectivity index (χ3n) is 6.03. The number of aryl methyl sites for hydroxylation is 1. The molecule has 0 radical (unpaired) electrons. The molecule has 156 valence electrons. The molecule has 0 unspecified atom stereocenters. The Hall–Kier alpha value is -3.04. The fourth-order valence-corrected chi connectivity index (χ4v) is 4.16. The summed E-state index contributed by atoms with van der Waals surface area (Å²) in [5.74, 6) is 0.0167. The summed E-state index contributed by atoms with van der Waals surface area (Å²) < 4.78 is 11.4. The summed E-state index contributed by atoms with van der Waals surface area (Å²) in [6, 6.07) is 14.2. The van der Waals surface area contributed by atoms with E-state index in [0.717, 1.165) is 49.4 Å². The van der Waals surface area contributed by atoms with E-state index in [4.69, 9.17) is 14.6 Å². The second-order valence-electron chi connectivity index (χ2n) is 8.03. The van der Waals surface area contributed by atoms with Crippen LogP contribution in [0.15, 0.2) is 36.4 Å². The number of carbonyl (C=O) groups is 1. The maximum atomic E-state index is 10.8. The first-order valence-corrected chi connectivity index (χ1v) is 10.4. The number of carboxylic acids is 1. The third-order valence-corrected chi connectivity index (χ3v) is 6.03. The third kappa shape index (κ3) is 4.42. The van der Waals surface area contributed by atoms with Crippen molar-refractivity contribution >= 4 is 11.7 Å². The van der Waals surface area contributed by atoms with Crippen LogP contribution >= 0.6 is 0 Å². The van der Waals surface area contributed by atoms with Crippen molar-refractivity contribution in [2.45, 2.75) is 50.9 Å². The van der Waals surface area contributed by atoms with E-state index in [2.05, 4.69) is 23.1 Å². The Kier molecular flexibility index (Phi) is 5.91. The van der Waals surface area contributed by atoms with Gasteiger partial charge in [0, 0.05) is 45.5 Å². The Morgan fingerprint density at radius 1 is 1.20 bits per heavy atom. The van der Waals surface area contributed by atoms with Gasteiger partial charge in [0.25, 0.3) is 0 Å². The first-order chi connectivity index (χ1) is 14.6. The van der Waals surface area contributed by atoms with Gasteiger partial charge in [-0.3, -0.25) is 4.79 Å². The number of fused-ring (bicyclic) bond motifs is 1. The van der Waals surface area contributed by atoms with Crippen molar-refractivity contribution < 1.29 is 19.4 Å². The number of aliphatic carboxylic acids is 1. The van der Waals surface area contributed by atoms with Crippen molar-refractivity contribution in [3.63, 3.8) is 0 Å². The van der Waals surface area contributed by atoms with Crippen molar-refractivity contribution in [2.24, 2.45) is 0 Å². The van der Waals surface area contributed by atoms with Gasteiger partial charge < -0.3 is 19.5 Å². The monoisotopic (exact) mass is 406 g/mol. The normalized spacial score (nSPS) is 20.1. The Morgan fingerprint density at radius 3 is 2.77 bits per heavy atom. The van der Waals surface area contributed by atoms with E-state index < -0.39 is 5.97 Å². The molecule has 0 bridgehead atoms. The van der Waals surface area contributed by atoms with Gasteiger partial charge in [0.15, 0.2) is 0 Å². The van der Waals surface area contributed by atoms with E-state index in [1.165, 1.54) is 11.1 Å². The predicted octanol–water partition coefficient (Wildman–Crippen LogP) is 3.69. The summed E-state index contributed by atoms with van der Waals surface area (Å²) in [6.45, 7) is 1.53. The number of carboxylic acid groups (broad SMARTS) is 1. The van der Waals surface area contributed by atoms with Gasteiger partial charge in [-0.05, 0) is 41.7 Å². The van der Waals surface area contributed by atoms with Gasteiger partial charge in [0.1, 0.15) is 17.9 Å². The Balaban J connectivity index is 1.48. The van der Waals surface area contributed by atoms with Crippen LogP contribution in [-0.4, -0.2) is 36.9 Å². The first kappa shape index (κ1) is 20.2. The molecular formula is C24H26N2O4. The molecule has 2 aliphatic rings. The van der Waals surface area contributed by atoms with E-state index in [0.29, 0.717) is 12.0 Å². The zero-order valence-corrected chi connectivity index (χ0v) is 17.1. The molecule has 0 spiro atoms. The highest BCUT2D eigenvalue weighted by Gasteiger charge is 2.31. The van der Waals surface area contributed by atoms with Gasteiger partial charge >= 0.3 is 5.97 Å². The molecule has 30 heavy (non-hydrogen) atoms. The number of hydrogen-bond donors (Lipinski definition) is 1. The van der Waals surface area contributed by atoms with E-state index in [1.54, 1.807) is 7.11 Å². The fourth-order valence-electron chi connectivity index (χ4n) is 4.16. The average Bonchev–Trinajstić information content (AvgIpc) is 2.73. The second kappa shape index (κ2) is 8.76. The van der Waals surface area contributed by atoms with E-state index in [1.807, 2.05) is 24.3 Å². The van der Waals surface area contributed by atoms with E-state index in [-0.39, 0.29) is 18.6 Å². The summed E-state index contributed by atoms with van der Waals surface area (Å²) in [7, 11) is 1.73. The van der Waals surface area contributed by atoms with Crippen LogP contribution < -0.4 is 9.64 Å². The van der Waals surface area contributed by atoms with Gasteiger partial charge in [-0.1, -0.05) is 18.2 Å². The van der Waals surface area contributed by atoms with Crippen LogP contribution in [0.25, 0.3) is 0 Å². The summed E-state index contributed by atoms with van der Waals surface area (Å²) in [4.78, 5) is 13.0. The lowest BCUT2D eigenvalue weighted by Crippen LogP contribution is -2.38. The fraction of sp³-hybridized carbons (Fsp3) is 0.417. The number of hydrogen-bond acceptors (Lipinski definition) is 5. The minimum absolute atomic E-state index is 0.148. The molecule has 0 amide bonds. The number of anilines is 1. The summed E-state index contributed by atoms with van der Waals surface area (Å²) in [5.41, 5.74) is 5.09. The van der Waals surface area contributed by atoms with E-state index in [9.17, 15) is 10.1 Å². The van der Waals surface area contributed by atoms with Crippen LogP contribution in [0.2, 0.25) is 0 Å². The highest BCUT2D eigenvalue weighted by molar-refractivity contribution is 5.67. The largest absolute Gasteiger partial charge is 0.490 e. The predicted molar refractivity (Wildman–Crippen MR) is 113 cm³/mol. The van der Waals surface area contributed by atoms with Gasteiger partial charge in [0.05, 0.1) is 17.4 Å². The minimum Gasteiger partial charge on any atom is -0.490 e. The van der Waals surface area contributed by atoms with Gasteiger partial charge in [-0.2, -0.15) is 5.26 Å². The Bertz CT molecular complexity index is 976. The van der Waals surface area contributed by atoms with Gasteiger partial charge in [0.2, 0.25) is 0 Å². The molecule has 2 aromatic rings. The molecule has 1 saturated carbocycles. The SMILES string of the molecule is CO[C@H]1C[C@H](Oc2ccc(C#N)c(N3CCc4cc(CCC(=O)O)ccc4C3)c2)C1. The molecule has 1 aliphatic carbocycles. The number of methoxy groups -OCH3 is 1. The molecule has 1 heterocycles. The maximum Gasteiger partial charge on any atom is 0.303 e. The van der Waals surface area contributed by atoms with E-state index >= 15 is 0 Å². The van der Waals surface area contributed by atoms with Crippen molar-refractivity contribution in [1.29, 1.82) is 5.26 Å². The summed E-state index contributed by atoms with van der Waals surface area (Å²) >= 11 is 0. The molecular weight excluding hydrogens is 380 g/mol. The maximum absolute atomic E-state index is 10.8. The van der Waals surface area contributed by atoms with Crippen LogP contribution in [0.3, 0.4) is 0 Å². The average molecular weight is 406 g/mol. The van der Waals surface area contributed by atoms with Crippen LogP contribution in [0.1, 0.15) is 41.5 Å². The highest BCUT2D eigenvalue weighted by atomic mass is 16.5. The number of rotatable bonds is 7. The van der Waals surface area contributed by atoms with Crippen LogP contribution in [0.5, 0.6) is 5.75 Å². The molecule has 1 N–H and O–H groups in total. The summed E-state index contributed by atoms with van der Waals surface area (Å²) in [6.07, 6.45) is 3.81. The van der Waals surface area contributed by atoms with Crippen LogP contribution in [-0.2, 0) is 28.9 Å². The van der Waals surface area contributed by atoms with Crippen LogP contribution in [0, 0.1) is 11.3 Å². The second-order valence-corrected chi connectivity index (χ2v) is 8.03. The van der Waals surface area contributed by atoms with Crippen molar-refractivity contribution in [2.75, 3.05) is 18.6 Å². The molecule has 1 aliphatic heterocycles. The van der Waals surface area contributed by atoms with Crippen molar-refractivity contribution in [3.8, 4) is 11.8 Å². The smallest absolute Gasteiger partial charge is 0.303 e. The molecule has 0 saturated heterocycles. The molecule has 1 fully saturated rings. The molecule has 0 aromatic heterocycles. The molecule has 6 nitrogen and oxygen atoms in total. The van der Waals surface area contributed by atoms with Crippen molar-refractivity contribution in [3.05, 3.63) is 58.7 Å². The minimum atomic E-state index is -0.773. The van der Waals surface area contributed by atoms with Crippen molar-refractivity contribution in [1.82, 2.24) is 0 Å². The number of nitrogens with zero attached hydrogens (tertiary/aromatic N) is 2. The van der Waals surface area contributed by atoms with Gasteiger partial charge in [-0.25, -0.2) is 0 Å². The lowest BCUT2D eigenvalue weighted by molar-refractivity contribution is -0.136. The van der Waals surface area contributed by atoms with Gasteiger partial charge in [-0.15, -0.1) is 0 Å². The Morgan fingerprint density at radius 2 is 2.03 bits per heavy atom. The zero-order valence-electron chi connectivity index (χ0n) is 17.1. The lowest BCUT2D eigenvalue weighted by Gasteiger charge is -2.35. The summed E-state index contributed by atoms with van der Waals surface area (Å²) in [5, 5.41) is 18.5. The molecule has 0 atom stereocenters. The number of nitriles is 1. The quantitative estimate of drug-likeness (QED) is 0.755. The highest BCUT2D eigenvalue weighted by Crippen LogP contribution is 2.33. The molecule has 4 rings (SSSR count). The molecule has 6 heteroatoms. The zero-order chi connectivity index (χ0) is 21.1. The Labute approximate surface area is 176 Å². The first-order valence-electron chi connectivity index (χ1n) is 10.4. The number of benzene rings is 2.